The SMILES string of the molecule is CCC(N)CC(O)CF. The van der Waals surface area contributed by atoms with E-state index in [2.05, 4.69) is 0 Å². The Morgan fingerprint density at radius 3 is 2.56 bits per heavy atom. The van der Waals surface area contributed by atoms with Crippen molar-refractivity contribution in [3.8, 4) is 0 Å². The van der Waals surface area contributed by atoms with Crippen LogP contribution >= 0.6 is 0 Å². The van der Waals surface area contributed by atoms with Crippen LogP contribution in [0.3, 0.4) is 0 Å². The monoisotopic (exact) mass is 135 g/mol. The number of hydrogen-bond donors (Lipinski definition) is 2. The van der Waals surface area contributed by atoms with Gasteiger partial charge in [-0.15, -0.1) is 0 Å². The Balaban J connectivity index is 3.22. The molecule has 0 saturated carbocycles. The van der Waals surface area contributed by atoms with E-state index in [4.69, 9.17) is 10.8 Å². The average Bonchev–Trinajstić information content (AvgIpc) is 1.87. The molecule has 2 nitrogen and oxygen atoms in total. The zero-order chi connectivity index (χ0) is 7.28. The van der Waals surface area contributed by atoms with E-state index in [1.54, 1.807) is 0 Å². The van der Waals surface area contributed by atoms with E-state index in [-0.39, 0.29) is 6.04 Å². The third-order valence-electron chi connectivity index (χ3n) is 1.28. The van der Waals surface area contributed by atoms with Gasteiger partial charge in [-0.05, 0) is 12.8 Å². The van der Waals surface area contributed by atoms with E-state index in [1.165, 1.54) is 0 Å². The number of rotatable bonds is 4. The van der Waals surface area contributed by atoms with Gasteiger partial charge in [-0.1, -0.05) is 6.92 Å². The van der Waals surface area contributed by atoms with E-state index in [1.807, 2.05) is 6.92 Å². The molecule has 3 heteroatoms. The minimum Gasteiger partial charge on any atom is -0.390 e. The predicted octanol–water partition coefficient (Wildman–Crippen LogP) is 0.444. The largest absolute Gasteiger partial charge is 0.390 e. The highest BCUT2D eigenvalue weighted by atomic mass is 19.1. The molecule has 0 radical (unpaired) electrons. The summed E-state index contributed by atoms with van der Waals surface area (Å²) in [7, 11) is 0. The van der Waals surface area contributed by atoms with Crippen LogP contribution in [0.5, 0.6) is 0 Å². The van der Waals surface area contributed by atoms with E-state index >= 15 is 0 Å². The van der Waals surface area contributed by atoms with Gasteiger partial charge in [0.2, 0.25) is 0 Å². The van der Waals surface area contributed by atoms with Crippen molar-refractivity contribution < 1.29 is 9.50 Å². The summed E-state index contributed by atoms with van der Waals surface area (Å²) >= 11 is 0. The topological polar surface area (TPSA) is 46.2 Å². The second-order valence-electron chi connectivity index (χ2n) is 2.21. The maximum atomic E-state index is 11.6. The second-order valence-corrected chi connectivity index (χ2v) is 2.21. The summed E-state index contributed by atoms with van der Waals surface area (Å²) in [6, 6.07) is -0.0595. The van der Waals surface area contributed by atoms with Crippen LogP contribution in [0.15, 0.2) is 0 Å². The van der Waals surface area contributed by atoms with Gasteiger partial charge < -0.3 is 10.8 Å². The number of hydrogen-bond acceptors (Lipinski definition) is 2. The zero-order valence-corrected chi connectivity index (χ0v) is 5.68. The Hall–Kier alpha value is -0.150. The van der Waals surface area contributed by atoms with Crippen molar-refractivity contribution in [3.05, 3.63) is 0 Å². The molecule has 0 aliphatic carbocycles. The fraction of sp³-hybridized carbons (Fsp3) is 1.00. The first-order valence-corrected chi connectivity index (χ1v) is 3.20. The maximum Gasteiger partial charge on any atom is 0.115 e. The van der Waals surface area contributed by atoms with Gasteiger partial charge in [0.25, 0.3) is 0 Å². The average molecular weight is 135 g/mol. The van der Waals surface area contributed by atoms with Crippen LogP contribution in [0.1, 0.15) is 19.8 Å². The van der Waals surface area contributed by atoms with Gasteiger partial charge >= 0.3 is 0 Å². The standard InChI is InChI=1S/C6H14FNO/c1-2-5(8)3-6(9)4-7/h5-6,9H,2-4,8H2,1H3. The maximum absolute atomic E-state index is 11.6. The quantitative estimate of drug-likeness (QED) is 0.587. The summed E-state index contributed by atoms with van der Waals surface area (Å²) in [4.78, 5) is 0. The molecule has 0 aromatic heterocycles. The van der Waals surface area contributed by atoms with Gasteiger partial charge in [0.1, 0.15) is 6.67 Å². The lowest BCUT2D eigenvalue weighted by Crippen LogP contribution is -2.26. The molecule has 0 aliphatic rings. The zero-order valence-electron chi connectivity index (χ0n) is 5.68. The molecule has 0 spiro atoms. The summed E-state index contributed by atoms with van der Waals surface area (Å²) in [6.07, 6.45) is 0.296. The van der Waals surface area contributed by atoms with E-state index < -0.39 is 12.8 Å². The molecule has 0 rings (SSSR count). The molecule has 0 saturated heterocycles. The number of aliphatic hydroxyl groups excluding tert-OH is 1. The fourth-order valence-electron chi connectivity index (χ4n) is 0.579. The summed E-state index contributed by atoms with van der Waals surface area (Å²) in [5, 5.41) is 8.70. The first kappa shape index (κ1) is 8.85. The summed E-state index contributed by atoms with van der Waals surface area (Å²) in [5.74, 6) is 0. The van der Waals surface area contributed by atoms with E-state index in [0.29, 0.717) is 6.42 Å². The second kappa shape index (κ2) is 4.70. The normalized spacial score (nSPS) is 17.3. The summed E-state index contributed by atoms with van der Waals surface area (Å²) in [6.45, 7) is 1.23. The van der Waals surface area contributed by atoms with Crippen molar-refractivity contribution in [3.63, 3.8) is 0 Å². The number of halogens is 1. The lowest BCUT2D eigenvalue weighted by atomic mass is 10.1. The predicted molar refractivity (Wildman–Crippen MR) is 34.9 cm³/mol. The summed E-state index contributed by atoms with van der Waals surface area (Å²) in [5.41, 5.74) is 5.42. The van der Waals surface area contributed by atoms with Crippen LogP contribution in [0.25, 0.3) is 0 Å². The Labute approximate surface area is 54.9 Å². The minimum atomic E-state index is -0.861. The van der Waals surface area contributed by atoms with Crippen molar-refractivity contribution in [2.75, 3.05) is 6.67 Å². The highest BCUT2D eigenvalue weighted by Gasteiger charge is 2.07. The smallest absolute Gasteiger partial charge is 0.115 e. The molecule has 56 valence electrons. The van der Waals surface area contributed by atoms with Crippen LogP contribution in [0.4, 0.5) is 4.39 Å². The minimum absolute atomic E-state index is 0.0595. The van der Waals surface area contributed by atoms with Crippen LogP contribution in [0.2, 0.25) is 0 Å². The molecule has 0 aliphatic heterocycles. The van der Waals surface area contributed by atoms with Crippen molar-refractivity contribution in [1.82, 2.24) is 0 Å². The third-order valence-corrected chi connectivity index (χ3v) is 1.28. The summed E-state index contributed by atoms with van der Waals surface area (Å²) < 4.78 is 11.6. The van der Waals surface area contributed by atoms with Crippen LogP contribution < -0.4 is 5.73 Å². The number of alkyl halides is 1. The highest BCUT2D eigenvalue weighted by Crippen LogP contribution is 1.99. The molecule has 0 aromatic rings. The third kappa shape index (κ3) is 4.36. The highest BCUT2D eigenvalue weighted by molar-refractivity contribution is 4.64. The molecule has 9 heavy (non-hydrogen) atoms. The van der Waals surface area contributed by atoms with Crippen molar-refractivity contribution in [2.45, 2.75) is 31.9 Å². The van der Waals surface area contributed by atoms with Gasteiger partial charge in [0.15, 0.2) is 0 Å². The van der Waals surface area contributed by atoms with Gasteiger partial charge in [-0.3, -0.25) is 0 Å². The molecule has 0 fully saturated rings. The van der Waals surface area contributed by atoms with Gasteiger partial charge in [0.05, 0.1) is 6.10 Å². The van der Waals surface area contributed by atoms with Crippen molar-refractivity contribution in [2.24, 2.45) is 5.73 Å². The molecule has 3 N–H and O–H groups in total. The molecule has 0 amide bonds. The molecule has 0 aromatic carbocycles. The number of aliphatic hydroxyl groups is 1. The first-order valence-electron chi connectivity index (χ1n) is 3.20. The Bertz CT molecular complexity index is 62.1. The lowest BCUT2D eigenvalue weighted by Gasteiger charge is -2.10. The van der Waals surface area contributed by atoms with Crippen LogP contribution in [-0.2, 0) is 0 Å². The molecule has 2 atom stereocenters. The first-order chi connectivity index (χ1) is 4.20. The Morgan fingerprint density at radius 2 is 2.22 bits per heavy atom. The molecule has 0 bridgehead atoms. The Kier molecular flexibility index (Phi) is 4.62. The van der Waals surface area contributed by atoms with Gasteiger partial charge in [0, 0.05) is 6.04 Å². The molecule has 0 heterocycles. The van der Waals surface area contributed by atoms with E-state index in [9.17, 15) is 4.39 Å². The van der Waals surface area contributed by atoms with Gasteiger partial charge in [-0.2, -0.15) is 0 Å². The van der Waals surface area contributed by atoms with E-state index in [0.717, 1.165) is 6.42 Å². The Morgan fingerprint density at radius 1 is 1.67 bits per heavy atom. The number of nitrogens with two attached hydrogens (primary N) is 1. The van der Waals surface area contributed by atoms with Crippen molar-refractivity contribution in [1.29, 1.82) is 0 Å². The van der Waals surface area contributed by atoms with Crippen LogP contribution in [0, 0.1) is 0 Å². The lowest BCUT2D eigenvalue weighted by molar-refractivity contribution is 0.123. The van der Waals surface area contributed by atoms with Crippen molar-refractivity contribution >= 4 is 0 Å². The van der Waals surface area contributed by atoms with Gasteiger partial charge in [-0.25, -0.2) is 4.39 Å². The fourth-order valence-corrected chi connectivity index (χ4v) is 0.579. The van der Waals surface area contributed by atoms with Crippen LogP contribution in [-0.4, -0.2) is 23.9 Å². The molecular formula is C6H14FNO. The molecular weight excluding hydrogens is 121 g/mol. The molecule has 2 unspecified atom stereocenters.